The van der Waals surface area contributed by atoms with Crippen LogP contribution in [0.15, 0.2) is 128 Å². The van der Waals surface area contributed by atoms with Crippen LogP contribution in [0.25, 0.3) is 65.9 Å². The van der Waals surface area contributed by atoms with Crippen LogP contribution < -0.4 is 0 Å². The topological polar surface area (TPSA) is 22.8 Å². The van der Waals surface area contributed by atoms with Crippen LogP contribution in [0.5, 0.6) is 0 Å². The van der Waals surface area contributed by atoms with Gasteiger partial charge in [0.05, 0.1) is 22.1 Å². The minimum Gasteiger partial charge on any atom is -0.309 e. The summed E-state index contributed by atoms with van der Waals surface area (Å²) in [7, 11) is 0. The van der Waals surface area contributed by atoms with Gasteiger partial charge in [-0.05, 0) is 71.4 Å². The molecule has 0 saturated carbocycles. The van der Waals surface area contributed by atoms with Crippen LogP contribution in [-0.2, 0) is 0 Å². The molecule has 0 saturated heterocycles. The number of hydrogen-bond donors (Lipinski definition) is 0. The van der Waals surface area contributed by atoms with Gasteiger partial charge in [0.15, 0.2) is 0 Å². The first kappa shape index (κ1) is 19.4. The maximum atomic E-state index is 4.94. The predicted octanol–water partition coefficient (Wildman–Crippen LogP) is 8.43. The Bertz CT molecular complexity index is 2100. The summed E-state index contributed by atoms with van der Waals surface area (Å²) in [5.41, 5.74) is 5.79. The van der Waals surface area contributed by atoms with Crippen LogP contribution in [0.3, 0.4) is 0 Å². The van der Waals surface area contributed by atoms with Crippen molar-refractivity contribution in [3.8, 4) is 11.5 Å². The lowest BCUT2D eigenvalue weighted by Gasteiger charge is -2.09. The molecule has 0 atom stereocenters. The summed E-state index contributed by atoms with van der Waals surface area (Å²) in [4.78, 5) is 4.94. The number of rotatable bonds is 2. The van der Waals surface area contributed by atoms with Gasteiger partial charge in [-0.2, -0.15) is 0 Å². The fourth-order valence-corrected chi connectivity index (χ4v) is 5.66. The second kappa shape index (κ2) is 7.30. The molecule has 8 aromatic rings. The molecule has 0 fully saturated rings. The van der Waals surface area contributed by atoms with Gasteiger partial charge in [-0.25, -0.2) is 4.98 Å². The van der Waals surface area contributed by atoms with Gasteiger partial charge in [0.25, 0.3) is 0 Å². The molecule has 0 aliphatic rings. The van der Waals surface area contributed by atoms with Gasteiger partial charge in [-0.1, -0.05) is 60.7 Å². The Morgan fingerprint density at radius 2 is 1.25 bits per heavy atom. The van der Waals surface area contributed by atoms with Crippen LogP contribution in [0.2, 0.25) is 0 Å². The zero-order valence-electron chi connectivity index (χ0n) is 19.5. The number of pyridine rings is 1. The highest BCUT2D eigenvalue weighted by Crippen LogP contribution is 2.37. The van der Waals surface area contributed by atoms with Gasteiger partial charge >= 0.3 is 0 Å². The summed E-state index contributed by atoms with van der Waals surface area (Å²) in [5, 5.41) is 7.43. The average Bonchev–Trinajstić information content (AvgIpc) is 3.51. The highest BCUT2D eigenvalue weighted by molar-refractivity contribution is 6.18. The molecule has 8 rings (SSSR count). The summed E-state index contributed by atoms with van der Waals surface area (Å²) in [6.07, 6.45) is 2.14. The van der Waals surface area contributed by atoms with Gasteiger partial charge in [-0.3, -0.25) is 0 Å². The highest BCUT2D eigenvalue weighted by atomic mass is 15.1. The van der Waals surface area contributed by atoms with Crippen molar-refractivity contribution in [2.45, 2.75) is 0 Å². The van der Waals surface area contributed by atoms with Crippen molar-refractivity contribution in [2.24, 2.45) is 0 Å². The lowest BCUT2D eigenvalue weighted by Crippen LogP contribution is -1.96. The van der Waals surface area contributed by atoms with Crippen LogP contribution in [0.4, 0.5) is 0 Å². The maximum absolute atomic E-state index is 4.94. The maximum Gasteiger partial charge on any atom is 0.137 e. The molecule has 0 N–H and O–H groups in total. The molecule has 0 aliphatic heterocycles. The summed E-state index contributed by atoms with van der Waals surface area (Å²) in [6.45, 7) is 0. The lowest BCUT2D eigenvalue weighted by atomic mass is 10.0. The smallest absolute Gasteiger partial charge is 0.137 e. The van der Waals surface area contributed by atoms with Crippen molar-refractivity contribution in [1.82, 2.24) is 14.1 Å². The van der Waals surface area contributed by atoms with E-state index in [0.29, 0.717) is 0 Å². The first-order valence-corrected chi connectivity index (χ1v) is 12.2. The van der Waals surface area contributed by atoms with Crippen LogP contribution in [-0.4, -0.2) is 14.1 Å². The molecule has 168 valence electrons. The molecule has 0 aliphatic carbocycles. The van der Waals surface area contributed by atoms with E-state index >= 15 is 0 Å². The number of para-hydroxylation sites is 3. The number of fused-ring (bicyclic) bond motifs is 7. The van der Waals surface area contributed by atoms with E-state index in [0.717, 1.165) is 22.2 Å². The number of nitrogens with zero attached hydrogens (tertiary/aromatic N) is 3. The summed E-state index contributed by atoms with van der Waals surface area (Å²) in [6, 6.07) is 43.2. The second-order valence-electron chi connectivity index (χ2n) is 9.32. The Hall–Kier alpha value is -4.89. The monoisotopic (exact) mass is 459 g/mol. The molecule has 3 nitrogen and oxygen atoms in total. The second-order valence-corrected chi connectivity index (χ2v) is 9.32. The van der Waals surface area contributed by atoms with E-state index < -0.39 is 0 Å². The largest absolute Gasteiger partial charge is 0.309 e. The standard InChI is InChI=1S/C33H21N3/c1-2-9-24(10-3-1)36-31-13-7-5-11-25(31)28-20-23-14-16-30-26(27(23)21-32(28)36)18-19-35(30)33-17-15-22-8-4-6-12-29(22)34-33/h1-21H. The third-order valence-corrected chi connectivity index (χ3v) is 7.33. The normalized spacial score (nSPS) is 11.9. The molecule has 5 aromatic carbocycles. The molecule has 3 aromatic heterocycles. The van der Waals surface area contributed by atoms with Gasteiger partial charge in [0, 0.05) is 33.4 Å². The van der Waals surface area contributed by atoms with Crippen molar-refractivity contribution < 1.29 is 0 Å². The van der Waals surface area contributed by atoms with Gasteiger partial charge in [0.1, 0.15) is 5.82 Å². The third kappa shape index (κ3) is 2.71. The number of benzene rings is 5. The van der Waals surface area contributed by atoms with E-state index in [4.69, 9.17) is 4.98 Å². The molecular weight excluding hydrogens is 438 g/mol. The molecule has 0 bridgehead atoms. The molecule has 3 heteroatoms. The highest BCUT2D eigenvalue weighted by Gasteiger charge is 2.15. The van der Waals surface area contributed by atoms with E-state index in [1.54, 1.807) is 0 Å². The third-order valence-electron chi connectivity index (χ3n) is 7.33. The van der Waals surface area contributed by atoms with Gasteiger partial charge in [0.2, 0.25) is 0 Å². The minimum absolute atomic E-state index is 0.933. The predicted molar refractivity (Wildman–Crippen MR) is 150 cm³/mol. The van der Waals surface area contributed by atoms with E-state index in [1.807, 2.05) is 6.07 Å². The van der Waals surface area contributed by atoms with E-state index in [2.05, 4.69) is 131 Å². The molecule has 3 heterocycles. The SMILES string of the molecule is c1ccc(-n2c3ccccc3c3cc4ccc5c(ccn5-c5ccc6ccccc6n5)c4cc32)cc1. The molecule has 36 heavy (non-hydrogen) atoms. The molecule has 0 unspecified atom stereocenters. The Morgan fingerprint density at radius 1 is 0.472 bits per heavy atom. The van der Waals surface area contributed by atoms with E-state index in [-0.39, 0.29) is 0 Å². The lowest BCUT2D eigenvalue weighted by molar-refractivity contribution is 1.06. The molecule has 0 amide bonds. The molecule has 0 spiro atoms. The van der Waals surface area contributed by atoms with Crippen molar-refractivity contribution in [3.05, 3.63) is 128 Å². The zero-order chi connectivity index (χ0) is 23.6. The van der Waals surface area contributed by atoms with Crippen LogP contribution in [0.1, 0.15) is 0 Å². The number of hydrogen-bond acceptors (Lipinski definition) is 1. The van der Waals surface area contributed by atoms with E-state index in [9.17, 15) is 0 Å². The van der Waals surface area contributed by atoms with Crippen molar-refractivity contribution in [2.75, 3.05) is 0 Å². The van der Waals surface area contributed by atoms with Crippen molar-refractivity contribution >= 4 is 54.4 Å². The Morgan fingerprint density at radius 3 is 2.19 bits per heavy atom. The zero-order valence-corrected chi connectivity index (χ0v) is 19.5. The quantitative estimate of drug-likeness (QED) is 0.254. The van der Waals surface area contributed by atoms with Crippen molar-refractivity contribution in [1.29, 1.82) is 0 Å². The van der Waals surface area contributed by atoms with Gasteiger partial charge in [-0.15, -0.1) is 0 Å². The number of aromatic nitrogens is 3. The Balaban J connectivity index is 1.43. The Labute approximate surface area is 207 Å². The Kier molecular flexibility index (Phi) is 3.94. The van der Waals surface area contributed by atoms with Gasteiger partial charge < -0.3 is 9.13 Å². The van der Waals surface area contributed by atoms with Crippen molar-refractivity contribution in [3.63, 3.8) is 0 Å². The molecule has 0 radical (unpaired) electrons. The summed E-state index contributed by atoms with van der Waals surface area (Å²) < 4.78 is 4.57. The van der Waals surface area contributed by atoms with Crippen LogP contribution >= 0.6 is 0 Å². The fraction of sp³-hybridized carbons (Fsp3) is 0. The van der Waals surface area contributed by atoms with Crippen LogP contribution in [0, 0.1) is 0 Å². The summed E-state index contributed by atoms with van der Waals surface area (Å²) in [5.74, 6) is 0.933. The first-order chi connectivity index (χ1) is 17.8. The first-order valence-electron chi connectivity index (χ1n) is 12.2. The summed E-state index contributed by atoms with van der Waals surface area (Å²) >= 11 is 0. The average molecular weight is 460 g/mol. The fourth-order valence-electron chi connectivity index (χ4n) is 5.66. The molecular formula is C33H21N3. The van der Waals surface area contributed by atoms with E-state index in [1.165, 1.54) is 43.7 Å². The minimum atomic E-state index is 0.933.